The third-order valence-electron chi connectivity index (χ3n) is 2.83. The van der Waals surface area contributed by atoms with Crippen molar-refractivity contribution >= 4 is 23.3 Å². The van der Waals surface area contributed by atoms with Gasteiger partial charge in [0.1, 0.15) is 11.5 Å². The van der Waals surface area contributed by atoms with E-state index in [1.54, 1.807) is 17.0 Å². The van der Waals surface area contributed by atoms with Crippen LogP contribution in [0.25, 0.3) is 0 Å². The van der Waals surface area contributed by atoms with Gasteiger partial charge in [-0.05, 0) is 39.3 Å². The van der Waals surface area contributed by atoms with E-state index in [1.807, 2.05) is 20.8 Å². The van der Waals surface area contributed by atoms with Crippen molar-refractivity contribution in [1.82, 2.24) is 9.88 Å². The summed E-state index contributed by atoms with van der Waals surface area (Å²) < 4.78 is 0. The second kappa shape index (κ2) is 7.34. The van der Waals surface area contributed by atoms with Gasteiger partial charge < -0.3 is 10.2 Å². The summed E-state index contributed by atoms with van der Waals surface area (Å²) in [6.07, 6.45) is 1.00. The zero-order valence-electron chi connectivity index (χ0n) is 12.0. The fraction of sp³-hybridized carbons (Fsp3) is 0.571. The first-order valence-corrected chi connectivity index (χ1v) is 7.10. The minimum atomic E-state index is -0.123. The van der Waals surface area contributed by atoms with E-state index in [4.69, 9.17) is 11.6 Å². The van der Waals surface area contributed by atoms with Gasteiger partial charge in [-0.3, -0.25) is 4.79 Å². The Morgan fingerprint density at radius 3 is 2.63 bits per heavy atom. The Kier molecular flexibility index (Phi) is 6.09. The smallest absolute Gasteiger partial charge is 0.274 e. The molecule has 0 aliphatic heterocycles. The Labute approximate surface area is 120 Å². The average Bonchev–Trinajstić information content (AvgIpc) is 2.38. The fourth-order valence-electron chi connectivity index (χ4n) is 1.82. The zero-order valence-corrected chi connectivity index (χ0v) is 12.8. The fourth-order valence-corrected chi connectivity index (χ4v) is 2.01. The summed E-state index contributed by atoms with van der Waals surface area (Å²) in [5.74, 6) is 0.567. The largest absolute Gasteiger partial charge is 0.370 e. The summed E-state index contributed by atoms with van der Waals surface area (Å²) in [6, 6.07) is 3.64. The Hall–Kier alpha value is -1.29. The van der Waals surface area contributed by atoms with E-state index in [9.17, 15) is 4.79 Å². The molecule has 0 atom stereocenters. The molecule has 19 heavy (non-hydrogen) atoms. The molecule has 0 aliphatic carbocycles. The highest BCUT2D eigenvalue weighted by molar-refractivity contribution is 6.33. The number of hydrogen-bond acceptors (Lipinski definition) is 3. The number of hydrogen-bond donors (Lipinski definition) is 1. The molecule has 0 spiro atoms. The molecule has 106 valence electrons. The maximum absolute atomic E-state index is 12.4. The molecule has 0 bridgehead atoms. The highest BCUT2D eigenvalue weighted by atomic mass is 35.5. The van der Waals surface area contributed by atoms with Crippen LogP contribution < -0.4 is 5.32 Å². The highest BCUT2D eigenvalue weighted by Gasteiger charge is 2.21. The van der Waals surface area contributed by atoms with Crippen molar-refractivity contribution in [3.05, 3.63) is 22.8 Å². The van der Waals surface area contributed by atoms with Crippen molar-refractivity contribution in [2.45, 2.75) is 40.2 Å². The second-order valence-electron chi connectivity index (χ2n) is 4.64. The molecule has 1 N–H and O–H groups in total. The second-order valence-corrected chi connectivity index (χ2v) is 5.05. The van der Waals surface area contributed by atoms with Crippen LogP contribution in [0.3, 0.4) is 0 Å². The Morgan fingerprint density at radius 2 is 2.11 bits per heavy atom. The van der Waals surface area contributed by atoms with Crippen LogP contribution in [0.4, 0.5) is 5.82 Å². The summed E-state index contributed by atoms with van der Waals surface area (Å²) in [7, 11) is 0. The van der Waals surface area contributed by atoms with Crippen molar-refractivity contribution in [1.29, 1.82) is 0 Å². The Balaban J connectivity index is 3.00. The average molecular weight is 284 g/mol. The number of carbonyl (C=O) groups excluding carboxylic acids is 1. The molecule has 0 aromatic carbocycles. The van der Waals surface area contributed by atoms with Crippen molar-refractivity contribution in [2.75, 3.05) is 18.4 Å². The standard InChI is InChI=1S/C14H22ClN3O/c1-5-9-16-12-8-7-11(15)13(17-12)14(19)18(6-2)10(3)4/h7-8,10H,5-6,9H2,1-4H3,(H,16,17). The van der Waals surface area contributed by atoms with Gasteiger partial charge in [0.25, 0.3) is 5.91 Å². The topological polar surface area (TPSA) is 45.2 Å². The van der Waals surface area contributed by atoms with Crippen LogP contribution in [-0.4, -0.2) is 34.9 Å². The van der Waals surface area contributed by atoms with Crippen LogP contribution in [0.5, 0.6) is 0 Å². The molecule has 0 radical (unpaired) electrons. The summed E-state index contributed by atoms with van der Waals surface area (Å²) >= 11 is 6.09. The van der Waals surface area contributed by atoms with Gasteiger partial charge in [-0.15, -0.1) is 0 Å². The highest BCUT2D eigenvalue weighted by Crippen LogP contribution is 2.19. The number of nitrogens with one attached hydrogen (secondary N) is 1. The molecule has 0 aliphatic rings. The van der Waals surface area contributed by atoms with E-state index in [2.05, 4.69) is 17.2 Å². The van der Waals surface area contributed by atoms with Gasteiger partial charge in [-0.25, -0.2) is 4.98 Å². The lowest BCUT2D eigenvalue weighted by Crippen LogP contribution is -2.37. The van der Waals surface area contributed by atoms with Crippen LogP contribution in [-0.2, 0) is 0 Å². The molecule has 0 fully saturated rings. The summed E-state index contributed by atoms with van der Waals surface area (Å²) in [4.78, 5) is 18.5. The van der Waals surface area contributed by atoms with E-state index in [0.29, 0.717) is 23.1 Å². The normalized spacial score (nSPS) is 10.6. The summed E-state index contributed by atoms with van der Waals surface area (Å²) in [5, 5.41) is 3.56. The van der Waals surface area contributed by atoms with Crippen LogP contribution >= 0.6 is 11.6 Å². The molecule has 1 aromatic heterocycles. The number of amides is 1. The first kappa shape index (κ1) is 15.8. The van der Waals surface area contributed by atoms with Crippen LogP contribution in [0.2, 0.25) is 5.02 Å². The molecule has 1 rings (SSSR count). The zero-order chi connectivity index (χ0) is 14.4. The molecule has 5 heteroatoms. The minimum absolute atomic E-state index is 0.123. The lowest BCUT2D eigenvalue weighted by atomic mass is 10.2. The monoisotopic (exact) mass is 283 g/mol. The van der Waals surface area contributed by atoms with Crippen molar-refractivity contribution in [3.63, 3.8) is 0 Å². The molecular formula is C14H22ClN3O. The molecule has 0 saturated heterocycles. The number of nitrogens with zero attached hydrogens (tertiary/aromatic N) is 2. The SMILES string of the molecule is CCCNc1ccc(Cl)c(C(=O)N(CC)C(C)C)n1. The van der Waals surface area contributed by atoms with Crippen molar-refractivity contribution in [3.8, 4) is 0 Å². The first-order valence-electron chi connectivity index (χ1n) is 6.72. The van der Waals surface area contributed by atoms with Gasteiger partial charge in [0, 0.05) is 19.1 Å². The third kappa shape index (κ3) is 4.10. The van der Waals surface area contributed by atoms with E-state index < -0.39 is 0 Å². The molecular weight excluding hydrogens is 262 g/mol. The van der Waals surface area contributed by atoms with Crippen molar-refractivity contribution in [2.24, 2.45) is 0 Å². The van der Waals surface area contributed by atoms with Crippen LogP contribution in [0.15, 0.2) is 12.1 Å². The number of rotatable bonds is 6. The quantitative estimate of drug-likeness (QED) is 0.870. The van der Waals surface area contributed by atoms with Gasteiger partial charge in [-0.1, -0.05) is 18.5 Å². The maximum Gasteiger partial charge on any atom is 0.274 e. The van der Waals surface area contributed by atoms with Gasteiger partial charge in [0.15, 0.2) is 0 Å². The molecule has 0 saturated carbocycles. The molecule has 1 heterocycles. The summed E-state index contributed by atoms with van der Waals surface area (Å²) in [5.41, 5.74) is 0.318. The number of halogens is 1. The van der Waals surface area contributed by atoms with E-state index in [-0.39, 0.29) is 11.9 Å². The van der Waals surface area contributed by atoms with Crippen LogP contribution in [0, 0.1) is 0 Å². The number of anilines is 1. The lowest BCUT2D eigenvalue weighted by molar-refractivity contribution is 0.0711. The maximum atomic E-state index is 12.4. The van der Waals surface area contributed by atoms with Gasteiger partial charge in [0.2, 0.25) is 0 Å². The molecule has 0 unspecified atom stereocenters. The predicted molar refractivity (Wildman–Crippen MR) is 79.9 cm³/mol. The first-order chi connectivity index (χ1) is 9.01. The van der Waals surface area contributed by atoms with E-state index >= 15 is 0 Å². The van der Waals surface area contributed by atoms with Gasteiger partial charge in [-0.2, -0.15) is 0 Å². The van der Waals surface area contributed by atoms with Gasteiger partial charge >= 0.3 is 0 Å². The molecule has 1 amide bonds. The number of carbonyl (C=O) groups is 1. The summed E-state index contributed by atoms with van der Waals surface area (Å²) in [6.45, 7) is 9.45. The van der Waals surface area contributed by atoms with Gasteiger partial charge in [0.05, 0.1) is 5.02 Å². The van der Waals surface area contributed by atoms with Crippen molar-refractivity contribution < 1.29 is 4.79 Å². The molecule has 1 aromatic rings. The third-order valence-corrected chi connectivity index (χ3v) is 3.13. The predicted octanol–water partition coefficient (Wildman–Crippen LogP) is 3.43. The van der Waals surface area contributed by atoms with E-state index in [0.717, 1.165) is 13.0 Å². The number of pyridine rings is 1. The van der Waals surface area contributed by atoms with E-state index in [1.165, 1.54) is 0 Å². The minimum Gasteiger partial charge on any atom is -0.370 e. The Bertz CT molecular complexity index is 435. The molecule has 4 nitrogen and oxygen atoms in total. The number of aromatic nitrogens is 1. The Morgan fingerprint density at radius 1 is 1.42 bits per heavy atom. The lowest BCUT2D eigenvalue weighted by Gasteiger charge is -2.25. The van der Waals surface area contributed by atoms with Crippen LogP contribution in [0.1, 0.15) is 44.6 Å².